The number of rotatable bonds is 7. The van der Waals surface area contributed by atoms with Crippen molar-refractivity contribution in [3.05, 3.63) is 46.5 Å². The van der Waals surface area contributed by atoms with Gasteiger partial charge in [0.2, 0.25) is 0 Å². The summed E-state index contributed by atoms with van der Waals surface area (Å²) in [6, 6.07) is 5.81. The predicted octanol–water partition coefficient (Wildman–Crippen LogP) is 0.0485. The second-order valence-corrected chi connectivity index (χ2v) is 7.85. The van der Waals surface area contributed by atoms with Crippen LogP contribution in [0.5, 0.6) is 5.75 Å². The number of hydrogen-bond donors (Lipinski definition) is 3. The van der Waals surface area contributed by atoms with E-state index in [0.717, 1.165) is 0 Å². The Morgan fingerprint density at radius 1 is 1.34 bits per heavy atom. The van der Waals surface area contributed by atoms with Crippen molar-refractivity contribution < 1.29 is 37.5 Å². The van der Waals surface area contributed by atoms with E-state index in [-0.39, 0.29) is 37.0 Å². The van der Waals surface area contributed by atoms with Gasteiger partial charge >= 0.3 is 6.61 Å². The first-order valence-electron chi connectivity index (χ1n) is 10.9. The van der Waals surface area contributed by atoms with Gasteiger partial charge < -0.3 is 35.1 Å². The molecule has 2 aromatic rings. The maximum atomic E-state index is 13.2. The van der Waals surface area contributed by atoms with E-state index in [0.29, 0.717) is 29.0 Å². The average molecular weight is 490 g/mol. The van der Waals surface area contributed by atoms with Crippen LogP contribution in [0.2, 0.25) is 0 Å². The van der Waals surface area contributed by atoms with Crippen LogP contribution in [0, 0.1) is 0 Å². The summed E-state index contributed by atoms with van der Waals surface area (Å²) in [5, 5.41) is 17.6. The molecular formula is C23H24F2N4O6. The van der Waals surface area contributed by atoms with Crippen LogP contribution in [0.4, 0.5) is 20.3 Å². The smallest absolute Gasteiger partial charge is 0.387 e. The molecule has 1 saturated heterocycles. The fourth-order valence-electron chi connectivity index (χ4n) is 3.85. The summed E-state index contributed by atoms with van der Waals surface area (Å²) in [4.78, 5) is 27.1. The third kappa shape index (κ3) is 5.49. The van der Waals surface area contributed by atoms with Crippen LogP contribution in [0.15, 0.2) is 40.4 Å². The van der Waals surface area contributed by atoms with Crippen molar-refractivity contribution in [2.45, 2.75) is 31.7 Å². The van der Waals surface area contributed by atoms with E-state index >= 15 is 0 Å². The summed E-state index contributed by atoms with van der Waals surface area (Å²) in [6.45, 7) is -2.83. The van der Waals surface area contributed by atoms with E-state index in [1.165, 1.54) is 23.1 Å². The Hall–Kier alpha value is -3.77. The number of aromatic nitrogens is 1. The minimum Gasteiger partial charge on any atom is -0.433 e. The molecule has 0 bridgehead atoms. The molecule has 35 heavy (non-hydrogen) atoms. The quantitative estimate of drug-likeness (QED) is 0.495. The van der Waals surface area contributed by atoms with E-state index in [4.69, 9.17) is 15.0 Å². The number of nitrogens with two attached hydrogens (primary N) is 1. The van der Waals surface area contributed by atoms with Gasteiger partial charge in [-0.1, -0.05) is 29.4 Å². The Bertz CT molecular complexity index is 1240. The number of carbonyl (C=O) groups excluding carboxylic acids is 2. The number of ether oxygens (including phenoxy) is 2. The Morgan fingerprint density at radius 3 is 2.94 bits per heavy atom. The molecule has 186 valence electrons. The third-order valence-electron chi connectivity index (χ3n) is 5.53. The third-order valence-corrected chi connectivity index (χ3v) is 5.53. The highest BCUT2D eigenvalue weighted by Crippen LogP contribution is 2.31. The second-order valence-electron chi connectivity index (χ2n) is 7.85. The van der Waals surface area contributed by atoms with Gasteiger partial charge in [-0.25, -0.2) is 0 Å². The van der Waals surface area contributed by atoms with Crippen molar-refractivity contribution in [2.24, 2.45) is 0 Å². The van der Waals surface area contributed by atoms with Gasteiger partial charge in [-0.15, -0.1) is 0 Å². The fourth-order valence-corrected chi connectivity index (χ4v) is 3.85. The van der Waals surface area contributed by atoms with Crippen LogP contribution < -0.4 is 31.3 Å². The van der Waals surface area contributed by atoms with Crippen LogP contribution in [0.25, 0.3) is 12.2 Å². The van der Waals surface area contributed by atoms with Crippen LogP contribution in [-0.4, -0.2) is 60.6 Å². The first kappa shape index (κ1) is 24.4. The molecule has 2 unspecified atom stereocenters. The number of amides is 2. The van der Waals surface area contributed by atoms with Crippen molar-refractivity contribution in [2.75, 3.05) is 30.3 Å². The van der Waals surface area contributed by atoms with Crippen molar-refractivity contribution >= 4 is 35.5 Å². The normalized spacial score (nSPS) is 19.0. The zero-order chi connectivity index (χ0) is 24.9. The number of para-hydroxylation sites is 2. The molecule has 12 heteroatoms. The van der Waals surface area contributed by atoms with E-state index in [1.807, 2.05) is 12.2 Å². The maximum absolute atomic E-state index is 13.2. The maximum Gasteiger partial charge on any atom is 0.387 e. The van der Waals surface area contributed by atoms with E-state index < -0.39 is 30.6 Å². The topological polar surface area (TPSA) is 140 Å². The lowest BCUT2D eigenvalue weighted by Gasteiger charge is -2.27. The molecule has 0 saturated carbocycles. The molecule has 4 rings (SSSR count). The molecule has 0 radical (unpaired) electrons. The molecule has 10 nitrogen and oxygen atoms in total. The monoisotopic (exact) mass is 490 g/mol. The van der Waals surface area contributed by atoms with Crippen molar-refractivity contribution in [3.63, 3.8) is 0 Å². The van der Waals surface area contributed by atoms with Gasteiger partial charge in [0.15, 0.2) is 23.4 Å². The molecule has 1 aromatic heterocycles. The lowest BCUT2D eigenvalue weighted by Crippen LogP contribution is -2.51. The number of benzene rings is 1. The van der Waals surface area contributed by atoms with E-state index in [2.05, 4.69) is 15.2 Å². The largest absolute Gasteiger partial charge is 0.433 e. The summed E-state index contributed by atoms with van der Waals surface area (Å²) in [7, 11) is 0. The summed E-state index contributed by atoms with van der Waals surface area (Å²) >= 11 is 0. The van der Waals surface area contributed by atoms with Crippen LogP contribution in [0.3, 0.4) is 0 Å². The van der Waals surface area contributed by atoms with Crippen LogP contribution in [0.1, 0.15) is 12.8 Å². The first-order chi connectivity index (χ1) is 16.8. The van der Waals surface area contributed by atoms with Gasteiger partial charge in [0.25, 0.3) is 11.8 Å². The summed E-state index contributed by atoms with van der Waals surface area (Å²) in [5.41, 5.74) is 6.98. The molecule has 1 aliphatic heterocycles. The Labute approximate surface area is 198 Å². The van der Waals surface area contributed by atoms with Crippen LogP contribution >= 0.6 is 0 Å². The van der Waals surface area contributed by atoms with Gasteiger partial charge in [0, 0.05) is 19.7 Å². The minimum atomic E-state index is -3.08. The number of nitrogens with zero attached hydrogens (tertiary/aromatic N) is 2. The summed E-state index contributed by atoms with van der Waals surface area (Å²) in [5.74, 6) is -1.51. The van der Waals surface area contributed by atoms with E-state index in [1.54, 1.807) is 12.1 Å². The molecule has 2 heterocycles. The number of nitrogens with one attached hydrogen (secondary N) is 1. The van der Waals surface area contributed by atoms with Gasteiger partial charge in [0.05, 0.1) is 10.9 Å². The summed E-state index contributed by atoms with van der Waals surface area (Å²) in [6.07, 6.45) is 2.88. The van der Waals surface area contributed by atoms with Crippen molar-refractivity contribution in [1.29, 1.82) is 0 Å². The highest BCUT2D eigenvalue weighted by molar-refractivity contribution is 6.01. The number of aliphatic hydroxyl groups excluding tert-OH is 1. The number of hydrogen-bond acceptors (Lipinski definition) is 8. The fraction of sp³-hybridized carbons (Fsp3) is 0.348. The zero-order valence-corrected chi connectivity index (χ0v) is 18.5. The van der Waals surface area contributed by atoms with E-state index in [9.17, 15) is 23.5 Å². The number of fused-ring (bicyclic) bond motifs is 1. The highest BCUT2D eigenvalue weighted by atomic mass is 19.3. The zero-order valence-electron chi connectivity index (χ0n) is 18.5. The second kappa shape index (κ2) is 10.7. The predicted molar refractivity (Wildman–Crippen MR) is 121 cm³/mol. The number of carbonyl (C=O) groups is 2. The number of allylic oxidation sites excluding steroid dienone is 1. The SMILES string of the molecule is Nc1noc2c1=CCC=C(CNC(=O)C(O)C1OCCCN(c3ccccc3OC(F)F)C1=O)C=2. The standard InChI is InChI=1S/C23H24F2N4O6/c24-23(25)34-16-8-2-1-7-15(16)29-9-4-10-33-19(22(29)32)18(30)21(31)27-12-13-5-3-6-14-17(11-13)35-28-20(14)26/h1-2,5-8,11,18-19,23,30H,3-4,9-10,12H2,(H2,26,28)(H,27,31). The lowest BCUT2D eigenvalue weighted by molar-refractivity contribution is -0.148. The van der Waals surface area contributed by atoms with Gasteiger partial charge in [-0.2, -0.15) is 8.78 Å². The van der Waals surface area contributed by atoms with Crippen LogP contribution in [-0.2, 0) is 14.3 Å². The molecule has 4 N–H and O–H groups in total. The molecule has 0 spiro atoms. The number of halogens is 2. The molecule has 1 aliphatic carbocycles. The average Bonchev–Trinajstić information content (AvgIpc) is 2.99. The Kier molecular flexibility index (Phi) is 7.42. The lowest BCUT2D eigenvalue weighted by atomic mass is 10.1. The van der Waals surface area contributed by atoms with Gasteiger partial charge in [0.1, 0.15) is 5.75 Å². The van der Waals surface area contributed by atoms with Gasteiger partial charge in [-0.05, 0) is 36.6 Å². The Morgan fingerprint density at radius 2 is 2.14 bits per heavy atom. The summed E-state index contributed by atoms with van der Waals surface area (Å²) < 4.78 is 40.8. The number of aliphatic hydroxyl groups is 1. The minimum absolute atomic E-state index is 0.0411. The molecule has 2 aliphatic rings. The van der Waals surface area contributed by atoms with Crippen molar-refractivity contribution in [3.8, 4) is 5.75 Å². The molecule has 1 aromatic carbocycles. The Balaban J connectivity index is 1.46. The first-order valence-corrected chi connectivity index (χ1v) is 10.9. The molecule has 2 atom stereocenters. The molecule has 2 amide bonds. The molecular weight excluding hydrogens is 466 g/mol. The number of alkyl halides is 2. The number of anilines is 2. The van der Waals surface area contributed by atoms with Crippen molar-refractivity contribution in [1.82, 2.24) is 10.5 Å². The molecule has 1 fully saturated rings. The number of nitrogen functional groups attached to an aromatic ring is 1. The van der Waals surface area contributed by atoms with Gasteiger partial charge in [-0.3, -0.25) is 9.59 Å². The highest BCUT2D eigenvalue weighted by Gasteiger charge is 2.38.